The van der Waals surface area contributed by atoms with E-state index in [0.717, 1.165) is 18.4 Å². The van der Waals surface area contributed by atoms with Crippen molar-refractivity contribution in [1.82, 2.24) is 4.98 Å². The zero-order valence-electron chi connectivity index (χ0n) is 27.4. The third-order valence-electron chi connectivity index (χ3n) is 7.56. The molecular formula is C35H54ClN2O6P. The van der Waals surface area contributed by atoms with Gasteiger partial charge in [0.2, 0.25) is 0 Å². The molecule has 1 unspecified atom stereocenters. The molecule has 0 saturated carbocycles. The minimum absolute atomic E-state index is 0.0851. The zero-order chi connectivity index (χ0) is 32.4. The molecular weight excluding hydrogens is 611 g/mol. The second-order valence-corrected chi connectivity index (χ2v) is 13.5. The van der Waals surface area contributed by atoms with Crippen molar-refractivity contribution in [2.45, 2.75) is 122 Å². The van der Waals surface area contributed by atoms with E-state index in [2.05, 4.69) is 11.9 Å². The highest BCUT2D eigenvalue weighted by atomic mass is 35.5. The second kappa shape index (κ2) is 25.2. The average molecular weight is 665 g/mol. The first-order valence-electron chi connectivity index (χ1n) is 16.8. The summed E-state index contributed by atoms with van der Waals surface area (Å²) < 4.78 is 41.3. The normalized spacial score (nSPS) is 13.3. The Morgan fingerprint density at radius 1 is 0.844 bits per heavy atom. The van der Waals surface area contributed by atoms with Gasteiger partial charge in [-0.1, -0.05) is 133 Å². The number of nitriles is 1. The molecule has 0 fully saturated rings. The van der Waals surface area contributed by atoms with Crippen molar-refractivity contribution >= 4 is 19.4 Å². The number of nitrogens with zero attached hydrogens (tertiary/aromatic N) is 2. The smallest absolute Gasteiger partial charge is 0.402 e. The van der Waals surface area contributed by atoms with Crippen LogP contribution in [0, 0.1) is 11.3 Å². The van der Waals surface area contributed by atoms with Gasteiger partial charge in [-0.2, -0.15) is 5.26 Å². The molecule has 0 aliphatic carbocycles. The number of phosphoric acid groups is 1. The van der Waals surface area contributed by atoms with Crippen LogP contribution in [0.3, 0.4) is 0 Å². The molecule has 252 valence electrons. The monoisotopic (exact) mass is 664 g/mol. The number of pyridine rings is 1. The maximum absolute atomic E-state index is 13.1. The minimum Gasteiger partial charge on any atom is -0.402 e. The van der Waals surface area contributed by atoms with Crippen LogP contribution in [0.4, 0.5) is 0 Å². The van der Waals surface area contributed by atoms with Crippen molar-refractivity contribution in [3.63, 3.8) is 0 Å². The van der Waals surface area contributed by atoms with Crippen molar-refractivity contribution in [3.05, 3.63) is 58.9 Å². The van der Waals surface area contributed by atoms with E-state index in [9.17, 15) is 4.57 Å². The van der Waals surface area contributed by atoms with Crippen LogP contribution in [0.25, 0.3) is 0 Å². The maximum atomic E-state index is 13.1. The number of hydrogen-bond donors (Lipinski definition) is 0. The Hall–Kier alpha value is -1.98. The van der Waals surface area contributed by atoms with E-state index in [1.807, 2.05) is 6.07 Å². The lowest BCUT2D eigenvalue weighted by molar-refractivity contribution is -0.0496. The van der Waals surface area contributed by atoms with E-state index in [4.69, 9.17) is 39.9 Å². The summed E-state index contributed by atoms with van der Waals surface area (Å²) in [5, 5.41) is 9.28. The molecule has 0 amide bonds. The summed E-state index contributed by atoms with van der Waals surface area (Å²) in [7, 11) is -2.70. The molecule has 0 bridgehead atoms. The molecule has 0 aliphatic heterocycles. The third-order valence-corrected chi connectivity index (χ3v) is 9.20. The van der Waals surface area contributed by atoms with Gasteiger partial charge in [-0.15, -0.1) is 0 Å². The van der Waals surface area contributed by atoms with Crippen molar-refractivity contribution in [1.29, 1.82) is 5.26 Å². The summed E-state index contributed by atoms with van der Waals surface area (Å²) in [5.74, 6) is 0.199. The average Bonchev–Trinajstić information content (AvgIpc) is 3.06. The Balaban J connectivity index is 1.64. The van der Waals surface area contributed by atoms with Gasteiger partial charge < -0.3 is 14.0 Å². The number of phosphoric ester groups is 1. The molecule has 45 heavy (non-hydrogen) atoms. The lowest BCUT2D eigenvalue weighted by atomic mass is 10.0. The molecule has 0 radical (unpaired) electrons. The molecule has 0 saturated heterocycles. The predicted octanol–water partition coefficient (Wildman–Crippen LogP) is 10.6. The standard InChI is InChI=1S/C35H54ClN2O6P/c1-3-4-5-6-7-8-9-10-11-12-13-14-15-16-17-20-25-41-29-33(42-28-31-23-24-32(26-37)38-27-31)30-43-45(39,40-2)44-35-22-19-18-21-34(35)36/h18-19,21-24,27,33H,3-17,20,25,28-30H2,1-2H3/t33-,45?/m1/s1. The lowest BCUT2D eigenvalue weighted by Gasteiger charge is -2.22. The summed E-state index contributed by atoms with van der Waals surface area (Å²) in [6.07, 6.45) is 22.2. The molecule has 0 spiro atoms. The number of rotatable bonds is 28. The first-order chi connectivity index (χ1) is 22.0. The van der Waals surface area contributed by atoms with Crippen LogP contribution >= 0.6 is 19.4 Å². The first kappa shape index (κ1) is 39.2. The number of aromatic nitrogens is 1. The fourth-order valence-electron chi connectivity index (χ4n) is 4.83. The zero-order valence-corrected chi connectivity index (χ0v) is 29.1. The molecule has 1 aromatic carbocycles. The Morgan fingerprint density at radius 2 is 1.44 bits per heavy atom. The van der Waals surface area contributed by atoms with Crippen LogP contribution < -0.4 is 4.52 Å². The number of benzene rings is 1. The highest BCUT2D eigenvalue weighted by Gasteiger charge is 2.29. The molecule has 2 atom stereocenters. The summed E-state index contributed by atoms with van der Waals surface area (Å²) in [6.45, 7) is 3.26. The van der Waals surface area contributed by atoms with E-state index in [1.165, 1.54) is 97.0 Å². The predicted molar refractivity (Wildman–Crippen MR) is 181 cm³/mol. The summed E-state index contributed by atoms with van der Waals surface area (Å²) in [4.78, 5) is 4.08. The molecule has 2 rings (SSSR count). The summed E-state index contributed by atoms with van der Waals surface area (Å²) in [6, 6.07) is 12.1. The number of ether oxygens (including phenoxy) is 2. The number of halogens is 1. The van der Waals surface area contributed by atoms with Gasteiger partial charge in [-0.3, -0.25) is 9.05 Å². The van der Waals surface area contributed by atoms with E-state index >= 15 is 0 Å². The highest BCUT2D eigenvalue weighted by Crippen LogP contribution is 2.50. The molecule has 8 nitrogen and oxygen atoms in total. The fourth-order valence-corrected chi connectivity index (χ4v) is 6.04. The quantitative estimate of drug-likeness (QED) is 0.0654. The van der Waals surface area contributed by atoms with Gasteiger partial charge >= 0.3 is 7.82 Å². The molecule has 1 heterocycles. The number of hydrogen-bond acceptors (Lipinski definition) is 8. The van der Waals surface area contributed by atoms with E-state index < -0.39 is 13.9 Å². The van der Waals surface area contributed by atoms with Crippen molar-refractivity contribution in [2.24, 2.45) is 0 Å². The van der Waals surface area contributed by atoms with Crippen LogP contribution in [0.1, 0.15) is 121 Å². The Bertz CT molecular complexity index is 1110. The third kappa shape index (κ3) is 18.7. The fraction of sp³-hybridized carbons (Fsp3) is 0.657. The maximum Gasteiger partial charge on any atom is 0.529 e. The van der Waals surface area contributed by atoms with Gasteiger partial charge in [0, 0.05) is 19.9 Å². The summed E-state index contributed by atoms with van der Waals surface area (Å²) in [5.41, 5.74) is 1.12. The molecule has 0 aliphatic rings. The summed E-state index contributed by atoms with van der Waals surface area (Å²) >= 11 is 6.15. The highest BCUT2D eigenvalue weighted by molar-refractivity contribution is 7.48. The minimum atomic E-state index is -3.96. The largest absolute Gasteiger partial charge is 0.529 e. The van der Waals surface area contributed by atoms with Crippen molar-refractivity contribution in [3.8, 4) is 11.8 Å². The lowest BCUT2D eigenvalue weighted by Crippen LogP contribution is -2.26. The van der Waals surface area contributed by atoms with Gasteiger partial charge in [-0.25, -0.2) is 9.55 Å². The van der Waals surface area contributed by atoms with Crippen molar-refractivity contribution < 1.29 is 27.6 Å². The first-order valence-corrected chi connectivity index (χ1v) is 18.6. The van der Waals surface area contributed by atoms with Crippen molar-refractivity contribution in [2.75, 3.05) is 26.9 Å². The number of para-hydroxylation sites is 1. The topological polar surface area (TPSA) is 99.9 Å². The molecule has 1 aromatic heterocycles. The van der Waals surface area contributed by atoms with Crippen LogP contribution in [0.15, 0.2) is 42.6 Å². The van der Waals surface area contributed by atoms with Crippen LogP contribution in [-0.4, -0.2) is 38.0 Å². The molecule has 2 aromatic rings. The van der Waals surface area contributed by atoms with E-state index in [-0.39, 0.29) is 25.6 Å². The van der Waals surface area contributed by atoms with E-state index in [0.29, 0.717) is 17.3 Å². The van der Waals surface area contributed by atoms with Gasteiger partial charge in [0.25, 0.3) is 0 Å². The van der Waals surface area contributed by atoms with E-state index in [1.54, 1.807) is 42.6 Å². The SMILES string of the molecule is CCCCCCCCCCCCCCCCCCOC[C@H](COP(=O)(OC)Oc1ccccc1Cl)OCc1ccc(C#N)nc1. The Kier molecular flexibility index (Phi) is 21.9. The second-order valence-electron chi connectivity index (χ2n) is 11.4. The Labute approximate surface area is 276 Å². The van der Waals surface area contributed by atoms with Gasteiger partial charge in [-0.05, 0) is 30.2 Å². The van der Waals surface area contributed by atoms with Crippen LogP contribution in [0.2, 0.25) is 5.02 Å². The number of unbranched alkanes of at least 4 members (excludes halogenated alkanes) is 15. The Morgan fingerprint density at radius 3 is 1.98 bits per heavy atom. The van der Waals surface area contributed by atoms with Gasteiger partial charge in [0.05, 0.1) is 24.8 Å². The van der Waals surface area contributed by atoms with Crippen LogP contribution in [-0.2, 0) is 29.7 Å². The van der Waals surface area contributed by atoms with Gasteiger partial charge in [0.15, 0.2) is 0 Å². The van der Waals surface area contributed by atoms with Gasteiger partial charge in [0.1, 0.15) is 23.6 Å². The van der Waals surface area contributed by atoms with Crippen LogP contribution in [0.5, 0.6) is 5.75 Å². The molecule has 10 heteroatoms. The molecule has 0 N–H and O–H groups in total.